The Bertz CT molecular complexity index is 328. The number of aromatic nitrogens is 2. The lowest BCUT2D eigenvalue weighted by molar-refractivity contribution is 0.0230. The van der Waals surface area contributed by atoms with Crippen LogP contribution in [0.3, 0.4) is 0 Å². The van der Waals surface area contributed by atoms with Gasteiger partial charge in [0.25, 0.3) is 0 Å². The molecule has 1 N–H and O–H groups in total. The van der Waals surface area contributed by atoms with Crippen molar-refractivity contribution >= 4 is 0 Å². The Labute approximate surface area is 104 Å². The summed E-state index contributed by atoms with van der Waals surface area (Å²) >= 11 is 0. The first-order valence-corrected chi connectivity index (χ1v) is 6.33. The van der Waals surface area contributed by atoms with Gasteiger partial charge in [-0.15, -0.1) is 0 Å². The maximum Gasteiger partial charge on any atom is 0.157 e. The van der Waals surface area contributed by atoms with Crippen LogP contribution in [0.15, 0.2) is 12.3 Å². The van der Waals surface area contributed by atoms with Crippen molar-refractivity contribution in [2.24, 2.45) is 5.92 Å². The van der Waals surface area contributed by atoms with Crippen molar-refractivity contribution in [3.8, 4) is 0 Å². The van der Waals surface area contributed by atoms with Gasteiger partial charge < -0.3 is 10.1 Å². The molecule has 0 aromatic carbocycles. The average molecular weight is 237 g/mol. The van der Waals surface area contributed by atoms with Crippen molar-refractivity contribution in [3.05, 3.63) is 23.8 Å². The molecule has 1 atom stereocenters. The van der Waals surface area contributed by atoms with Crippen LogP contribution < -0.4 is 5.32 Å². The van der Waals surface area contributed by atoms with E-state index < -0.39 is 0 Å². The summed E-state index contributed by atoms with van der Waals surface area (Å²) in [6, 6.07) is 1.94. The molecule has 0 fully saturated rings. The fourth-order valence-corrected chi connectivity index (χ4v) is 1.65. The zero-order valence-corrected chi connectivity index (χ0v) is 11.2. The minimum absolute atomic E-state index is 0.0124. The highest BCUT2D eigenvalue weighted by molar-refractivity contribution is 5.04. The zero-order chi connectivity index (χ0) is 12.7. The highest BCUT2D eigenvalue weighted by atomic mass is 16.5. The molecule has 1 rings (SSSR count). The van der Waals surface area contributed by atoms with Crippen molar-refractivity contribution < 1.29 is 4.74 Å². The molecule has 1 unspecified atom stereocenters. The SMILES string of the molecule is CCNCc1ccnc(C(OCC)C(C)C)n1. The van der Waals surface area contributed by atoms with Crippen LogP contribution in [0.2, 0.25) is 0 Å². The van der Waals surface area contributed by atoms with E-state index in [-0.39, 0.29) is 6.10 Å². The van der Waals surface area contributed by atoms with Crippen LogP contribution in [0.25, 0.3) is 0 Å². The molecule has 1 aromatic rings. The molecular formula is C13H23N3O. The first-order valence-electron chi connectivity index (χ1n) is 6.33. The first-order chi connectivity index (χ1) is 8.19. The Morgan fingerprint density at radius 3 is 2.71 bits per heavy atom. The zero-order valence-electron chi connectivity index (χ0n) is 11.2. The Balaban J connectivity index is 2.80. The Morgan fingerprint density at radius 1 is 1.35 bits per heavy atom. The van der Waals surface area contributed by atoms with E-state index >= 15 is 0 Å². The summed E-state index contributed by atoms with van der Waals surface area (Å²) in [4.78, 5) is 8.88. The fourth-order valence-electron chi connectivity index (χ4n) is 1.65. The standard InChI is InChI=1S/C13H23N3O/c1-5-14-9-11-7-8-15-13(16-11)12(10(3)4)17-6-2/h7-8,10,12,14H,5-6,9H2,1-4H3. The highest BCUT2D eigenvalue weighted by Gasteiger charge is 2.18. The van der Waals surface area contributed by atoms with Crippen molar-refractivity contribution in [1.29, 1.82) is 0 Å². The monoisotopic (exact) mass is 237 g/mol. The summed E-state index contributed by atoms with van der Waals surface area (Å²) in [6.07, 6.45) is 1.80. The molecule has 0 saturated carbocycles. The largest absolute Gasteiger partial charge is 0.370 e. The van der Waals surface area contributed by atoms with E-state index in [2.05, 4.69) is 36.1 Å². The van der Waals surface area contributed by atoms with Crippen molar-refractivity contribution in [2.75, 3.05) is 13.2 Å². The van der Waals surface area contributed by atoms with Gasteiger partial charge in [0, 0.05) is 19.3 Å². The number of rotatable bonds is 7. The number of hydrogen-bond donors (Lipinski definition) is 1. The summed E-state index contributed by atoms with van der Waals surface area (Å²) in [5, 5.41) is 3.26. The molecule has 1 heterocycles. The van der Waals surface area contributed by atoms with Crippen LogP contribution in [-0.2, 0) is 11.3 Å². The van der Waals surface area contributed by atoms with E-state index in [1.165, 1.54) is 0 Å². The van der Waals surface area contributed by atoms with Crippen LogP contribution >= 0.6 is 0 Å². The van der Waals surface area contributed by atoms with Gasteiger partial charge in [-0.25, -0.2) is 9.97 Å². The lowest BCUT2D eigenvalue weighted by atomic mass is 10.1. The lowest BCUT2D eigenvalue weighted by Crippen LogP contribution is -2.18. The first kappa shape index (κ1) is 14.1. The van der Waals surface area contributed by atoms with Crippen LogP contribution in [0, 0.1) is 5.92 Å². The van der Waals surface area contributed by atoms with Gasteiger partial charge in [-0.2, -0.15) is 0 Å². The van der Waals surface area contributed by atoms with Crippen LogP contribution in [0.5, 0.6) is 0 Å². The third kappa shape index (κ3) is 4.40. The molecule has 17 heavy (non-hydrogen) atoms. The van der Waals surface area contributed by atoms with E-state index in [1.54, 1.807) is 0 Å². The van der Waals surface area contributed by atoms with Gasteiger partial charge in [0.2, 0.25) is 0 Å². The van der Waals surface area contributed by atoms with Crippen LogP contribution in [-0.4, -0.2) is 23.1 Å². The van der Waals surface area contributed by atoms with E-state index in [0.29, 0.717) is 12.5 Å². The fraction of sp³-hybridized carbons (Fsp3) is 0.692. The van der Waals surface area contributed by atoms with Crippen LogP contribution in [0.4, 0.5) is 0 Å². The quantitative estimate of drug-likeness (QED) is 0.790. The Kier molecular flexibility index (Phi) is 6.08. The second kappa shape index (κ2) is 7.35. The van der Waals surface area contributed by atoms with Gasteiger partial charge in [-0.05, 0) is 25.5 Å². The molecular weight excluding hydrogens is 214 g/mol. The molecule has 0 aliphatic rings. The van der Waals surface area contributed by atoms with E-state index in [9.17, 15) is 0 Å². The summed E-state index contributed by atoms with van der Waals surface area (Å²) in [5.41, 5.74) is 1.02. The van der Waals surface area contributed by atoms with Crippen molar-refractivity contribution in [1.82, 2.24) is 15.3 Å². The topological polar surface area (TPSA) is 47.0 Å². The van der Waals surface area contributed by atoms with Gasteiger partial charge in [0.05, 0.1) is 5.69 Å². The third-order valence-corrected chi connectivity index (χ3v) is 2.49. The Hall–Kier alpha value is -1.00. The molecule has 0 radical (unpaired) electrons. The van der Waals surface area contributed by atoms with Crippen molar-refractivity contribution in [2.45, 2.75) is 40.3 Å². The second-order valence-electron chi connectivity index (χ2n) is 4.31. The number of nitrogens with zero attached hydrogens (tertiary/aromatic N) is 2. The molecule has 0 amide bonds. The molecule has 0 aliphatic carbocycles. The predicted octanol–water partition coefficient (Wildman–Crippen LogP) is 2.32. The highest BCUT2D eigenvalue weighted by Crippen LogP contribution is 2.22. The summed E-state index contributed by atoms with van der Waals surface area (Å²) in [7, 11) is 0. The second-order valence-corrected chi connectivity index (χ2v) is 4.31. The lowest BCUT2D eigenvalue weighted by Gasteiger charge is -2.19. The minimum atomic E-state index is -0.0124. The number of ether oxygens (including phenoxy) is 1. The van der Waals surface area contributed by atoms with Gasteiger partial charge in [0.1, 0.15) is 6.10 Å². The number of hydrogen-bond acceptors (Lipinski definition) is 4. The molecule has 1 aromatic heterocycles. The van der Waals surface area contributed by atoms with Crippen LogP contribution in [0.1, 0.15) is 45.3 Å². The smallest absolute Gasteiger partial charge is 0.157 e. The summed E-state index contributed by atoms with van der Waals surface area (Å²) in [5.74, 6) is 1.17. The maximum atomic E-state index is 5.70. The molecule has 0 spiro atoms. The molecule has 96 valence electrons. The minimum Gasteiger partial charge on any atom is -0.370 e. The average Bonchev–Trinajstić information content (AvgIpc) is 2.33. The van der Waals surface area contributed by atoms with E-state index in [1.807, 2.05) is 19.2 Å². The number of nitrogens with one attached hydrogen (secondary N) is 1. The molecule has 0 aliphatic heterocycles. The van der Waals surface area contributed by atoms with Gasteiger partial charge in [-0.3, -0.25) is 0 Å². The van der Waals surface area contributed by atoms with Gasteiger partial charge >= 0.3 is 0 Å². The predicted molar refractivity (Wildman–Crippen MR) is 68.6 cm³/mol. The maximum absolute atomic E-state index is 5.70. The summed E-state index contributed by atoms with van der Waals surface area (Å²) < 4.78 is 5.70. The molecule has 4 nitrogen and oxygen atoms in total. The molecule has 0 bridgehead atoms. The molecule has 0 saturated heterocycles. The van der Waals surface area contributed by atoms with E-state index in [0.717, 1.165) is 24.6 Å². The Morgan fingerprint density at radius 2 is 2.12 bits per heavy atom. The van der Waals surface area contributed by atoms with Crippen molar-refractivity contribution in [3.63, 3.8) is 0 Å². The molecule has 4 heteroatoms. The summed E-state index contributed by atoms with van der Waals surface area (Å²) in [6.45, 7) is 10.7. The van der Waals surface area contributed by atoms with Gasteiger partial charge in [0.15, 0.2) is 5.82 Å². The van der Waals surface area contributed by atoms with E-state index in [4.69, 9.17) is 4.74 Å². The third-order valence-electron chi connectivity index (χ3n) is 2.49. The van der Waals surface area contributed by atoms with Gasteiger partial charge in [-0.1, -0.05) is 20.8 Å². The normalized spacial score (nSPS) is 13.0.